The van der Waals surface area contributed by atoms with E-state index in [1.54, 1.807) is 0 Å². The molecule has 0 aliphatic heterocycles. The predicted octanol–water partition coefficient (Wildman–Crippen LogP) is -2.69. The monoisotopic (exact) mass is 432 g/mol. The van der Waals surface area contributed by atoms with Gasteiger partial charge in [-0.05, 0) is 18.2 Å². The van der Waals surface area contributed by atoms with E-state index in [9.17, 15) is 55.1 Å². The smallest absolute Gasteiger partial charge is 0.351 e. The van der Waals surface area contributed by atoms with E-state index < -0.39 is 69.7 Å². The molecule has 30 heavy (non-hydrogen) atoms. The minimum absolute atomic E-state index is 0.615. The summed E-state index contributed by atoms with van der Waals surface area (Å²) in [5.74, 6) is -17.1. The summed E-state index contributed by atoms with van der Waals surface area (Å²) in [6, 6.07) is 3.61. The highest BCUT2D eigenvalue weighted by atomic mass is 19.1. The Morgan fingerprint density at radius 1 is 1.03 bits per heavy atom. The van der Waals surface area contributed by atoms with Gasteiger partial charge in [-0.2, -0.15) is 0 Å². The maximum absolute atomic E-state index is 13.3. The Labute approximate surface area is 165 Å². The minimum Gasteiger partial charge on any atom is -0.504 e. The molecule has 2 aromatic carbocycles. The van der Waals surface area contributed by atoms with Crippen LogP contribution in [0.3, 0.4) is 0 Å². The van der Waals surface area contributed by atoms with Crippen LogP contribution < -0.4 is 15.8 Å². The lowest BCUT2D eigenvalue weighted by atomic mass is 10.1. The number of ether oxygens (including phenoxy) is 1. The van der Waals surface area contributed by atoms with Crippen molar-refractivity contribution in [2.75, 3.05) is 0 Å². The molecule has 1 atom stereocenters. The lowest BCUT2D eigenvalue weighted by Crippen LogP contribution is -2.53. The van der Waals surface area contributed by atoms with Crippen LogP contribution in [0.2, 0.25) is 0 Å². The zero-order valence-corrected chi connectivity index (χ0v) is 14.7. The third-order valence-corrected chi connectivity index (χ3v) is 3.75. The number of hydrogen-bond acceptors (Lipinski definition) is 12. The van der Waals surface area contributed by atoms with Gasteiger partial charge in [-0.25, -0.2) is 9.71 Å². The van der Waals surface area contributed by atoms with Crippen LogP contribution in [-0.4, -0.2) is 58.1 Å². The molecule has 0 aliphatic carbocycles. The van der Waals surface area contributed by atoms with Gasteiger partial charge in [0.25, 0.3) is 11.8 Å². The minimum atomic E-state index is -3.66. The molecule has 164 valence electrons. The van der Waals surface area contributed by atoms with Gasteiger partial charge >= 0.3 is 5.97 Å². The SMILES string of the molecule is NC(=O)C(O)NC(O)(O)c1c(O)c(O)c(OC(O)(O)c2cccc(F)c2)c(O)c1O. The molecule has 12 N–H and O–H groups in total. The van der Waals surface area contributed by atoms with E-state index in [-0.39, 0.29) is 0 Å². The molecule has 0 saturated heterocycles. The topological polar surface area (TPSA) is 246 Å². The lowest BCUT2D eigenvalue weighted by Gasteiger charge is -2.29. The molecule has 0 radical (unpaired) electrons. The number of nitrogens with two attached hydrogens (primary N) is 1. The largest absolute Gasteiger partial charge is 0.504 e. The lowest BCUT2D eigenvalue weighted by molar-refractivity contribution is -0.305. The van der Waals surface area contributed by atoms with E-state index in [0.717, 1.165) is 18.2 Å². The van der Waals surface area contributed by atoms with Crippen molar-refractivity contribution in [1.29, 1.82) is 0 Å². The van der Waals surface area contributed by atoms with Crippen molar-refractivity contribution in [2.45, 2.75) is 18.1 Å². The number of phenols is 4. The number of phenolic OH excluding ortho intramolecular Hbond substituents is 4. The Kier molecular flexibility index (Phi) is 5.94. The zero-order valence-electron chi connectivity index (χ0n) is 14.7. The number of carbonyl (C=O) groups is 1. The van der Waals surface area contributed by atoms with Gasteiger partial charge in [0.15, 0.2) is 17.7 Å². The summed E-state index contributed by atoms with van der Waals surface area (Å²) in [6.45, 7) is 0. The fourth-order valence-corrected chi connectivity index (χ4v) is 2.33. The molecule has 0 spiro atoms. The molecule has 1 unspecified atom stereocenters. The fourth-order valence-electron chi connectivity index (χ4n) is 2.33. The number of aliphatic hydroxyl groups excluding tert-OH is 1. The van der Waals surface area contributed by atoms with Crippen LogP contribution in [0.1, 0.15) is 11.1 Å². The molecule has 0 saturated carbocycles. The van der Waals surface area contributed by atoms with E-state index in [1.807, 2.05) is 0 Å². The molecule has 0 aromatic heterocycles. The third-order valence-electron chi connectivity index (χ3n) is 3.75. The second-order valence-electron chi connectivity index (χ2n) is 5.94. The van der Waals surface area contributed by atoms with Gasteiger partial charge in [0.1, 0.15) is 11.4 Å². The van der Waals surface area contributed by atoms with Gasteiger partial charge < -0.3 is 56.4 Å². The Balaban J connectivity index is 2.54. The number of rotatable bonds is 7. The van der Waals surface area contributed by atoms with Crippen molar-refractivity contribution in [1.82, 2.24) is 5.32 Å². The predicted molar refractivity (Wildman–Crippen MR) is 90.7 cm³/mol. The van der Waals surface area contributed by atoms with Crippen molar-refractivity contribution >= 4 is 5.91 Å². The number of aromatic hydroxyl groups is 4. The normalized spacial score (nSPS) is 13.1. The van der Waals surface area contributed by atoms with Crippen LogP contribution >= 0.6 is 0 Å². The number of benzene rings is 2. The van der Waals surface area contributed by atoms with Gasteiger partial charge in [0.2, 0.25) is 17.2 Å². The van der Waals surface area contributed by atoms with E-state index in [4.69, 9.17) is 5.73 Å². The van der Waals surface area contributed by atoms with Crippen LogP contribution in [0.4, 0.5) is 4.39 Å². The van der Waals surface area contributed by atoms with Crippen LogP contribution in [0, 0.1) is 5.82 Å². The van der Waals surface area contributed by atoms with Crippen LogP contribution in [-0.2, 0) is 16.7 Å². The van der Waals surface area contributed by atoms with E-state index >= 15 is 0 Å². The van der Waals surface area contributed by atoms with Gasteiger partial charge in [0.05, 0.1) is 5.56 Å². The quantitative estimate of drug-likeness (QED) is 0.122. The Bertz CT molecular complexity index is 951. The Morgan fingerprint density at radius 3 is 2.03 bits per heavy atom. The highest BCUT2D eigenvalue weighted by Crippen LogP contribution is 2.54. The van der Waals surface area contributed by atoms with Crippen LogP contribution in [0.25, 0.3) is 0 Å². The van der Waals surface area contributed by atoms with Gasteiger partial charge in [-0.15, -0.1) is 0 Å². The summed E-state index contributed by atoms with van der Waals surface area (Å²) in [5, 5.41) is 90.5. The summed E-state index contributed by atoms with van der Waals surface area (Å²) in [6.07, 6.45) is -2.42. The molecule has 13 nitrogen and oxygen atoms in total. The summed E-state index contributed by atoms with van der Waals surface area (Å²) in [7, 11) is 0. The number of amides is 1. The summed E-state index contributed by atoms with van der Waals surface area (Å²) < 4.78 is 17.9. The summed E-state index contributed by atoms with van der Waals surface area (Å²) in [4.78, 5) is 10.8. The molecular formula is C16H17FN2O11. The van der Waals surface area contributed by atoms with Gasteiger partial charge in [-0.3, -0.25) is 4.79 Å². The number of halogens is 1. The number of hydrogen-bond donors (Lipinski definition) is 11. The number of carbonyl (C=O) groups excluding carboxylic acids is 1. The molecule has 0 bridgehead atoms. The molecule has 0 fully saturated rings. The number of nitrogens with one attached hydrogen (secondary N) is 1. The van der Waals surface area contributed by atoms with E-state index in [2.05, 4.69) is 4.74 Å². The van der Waals surface area contributed by atoms with Crippen molar-refractivity contribution in [3.8, 4) is 28.7 Å². The average molecular weight is 432 g/mol. The molecule has 2 aromatic rings. The first kappa shape index (κ1) is 22.9. The van der Waals surface area contributed by atoms with Crippen molar-refractivity contribution in [3.05, 3.63) is 41.2 Å². The van der Waals surface area contributed by atoms with Gasteiger partial charge in [-0.1, -0.05) is 6.07 Å². The van der Waals surface area contributed by atoms with E-state index in [1.165, 1.54) is 5.32 Å². The molecule has 1 amide bonds. The molecular weight excluding hydrogens is 415 g/mol. The average Bonchev–Trinajstić information content (AvgIpc) is 2.63. The highest BCUT2D eigenvalue weighted by Gasteiger charge is 2.42. The second-order valence-corrected chi connectivity index (χ2v) is 5.94. The number of primary amides is 1. The Hall–Kier alpha value is -3.40. The summed E-state index contributed by atoms with van der Waals surface area (Å²) in [5.41, 5.74) is 2.61. The standard InChI is InChI=1S/C16H17FN2O11/c17-6-3-1-2-5(4-6)16(28,29)30-12-10(22)8(20)7(9(21)11(12)23)15(26,27)19-14(25)13(18)24/h1-4,14,19-23,25-29H,(H2,18,24). The zero-order chi connectivity index (χ0) is 23.0. The fraction of sp³-hybridized carbons (Fsp3) is 0.188. The maximum atomic E-state index is 13.3. The third kappa shape index (κ3) is 4.28. The first-order valence-electron chi connectivity index (χ1n) is 7.79. The first-order chi connectivity index (χ1) is 13.7. The second kappa shape index (κ2) is 7.79. The highest BCUT2D eigenvalue weighted by molar-refractivity contribution is 5.78. The molecule has 2 rings (SSSR count). The van der Waals surface area contributed by atoms with Crippen LogP contribution in [0.15, 0.2) is 24.3 Å². The van der Waals surface area contributed by atoms with Crippen molar-refractivity contribution < 1.29 is 59.9 Å². The van der Waals surface area contributed by atoms with Crippen LogP contribution in [0.5, 0.6) is 28.7 Å². The summed E-state index contributed by atoms with van der Waals surface area (Å²) >= 11 is 0. The maximum Gasteiger partial charge on any atom is 0.351 e. The van der Waals surface area contributed by atoms with Crippen molar-refractivity contribution in [3.63, 3.8) is 0 Å². The Morgan fingerprint density at radius 2 is 1.57 bits per heavy atom. The molecule has 14 heteroatoms. The van der Waals surface area contributed by atoms with Gasteiger partial charge in [0, 0.05) is 0 Å². The molecule has 0 heterocycles. The number of aliphatic hydroxyl groups is 5. The first-order valence-corrected chi connectivity index (χ1v) is 7.79. The van der Waals surface area contributed by atoms with Crippen molar-refractivity contribution in [2.24, 2.45) is 5.73 Å². The molecule has 0 aliphatic rings. The van der Waals surface area contributed by atoms with E-state index in [0.29, 0.717) is 6.07 Å².